The molecule has 0 bridgehead atoms. The number of aliphatic hydroxyl groups is 1. The third-order valence-electron chi connectivity index (χ3n) is 2.95. The van der Waals surface area contributed by atoms with E-state index in [1.807, 2.05) is 13.0 Å². The standard InChI is InChI=1S/C14H18N2O3S/c1-8(5-9(2)17)15-14(19)10-3-4-12-11(6-10)16-13(18)7-20-12/h3-4,6,8-9,17H,5,7H2,1-2H3,(H,15,19)(H,16,18). The Bertz CT molecular complexity index is 531. The van der Waals surface area contributed by atoms with Crippen molar-refractivity contribution < 1.29 is 14.7 Å². The van der Waals surface area contributed by atoms with Crippen LogP contribution in [-0.2, 0) is 4.79 Å². The third kappa shape index (κ3) is 3.74. The molecule has 0 spiro atoms. The lowest BCUT2D eigenvalue weighted by Gasteiger charge is -2.18. The lowest BCUT2D eigenvalue weighted by atomic mass is 10.1. The second kappa shape index (κ2) is 6.28. The molecule has 2 unspecified atom stereocenters. The van der Waals surface area contributed by atoms with Gasteiger partial charge in [0.2, 0.25) is 5.91 Å². The van der Waals surface area contributed by atoms with Crippen LogP contribution < -0.4 is 10.6 Å². The molecule has 0 saturated heterocycles. The van der Waals surface area contributed by atoms with Gasteiger partial charge in [-0.3, -0.25) is 9.59 Å². The quantitative estimate of drug-likeness (QED) is 0.788. The van der Waals surface area contributed by atoms with Crippen LogP contribution in [0.1, 0.15) is 30.6 Å². The topological polar surface area (TPSA) is 78.4 Å². The SMILES string of the molecule is CC(O)CC(C)NC(=O)c1ccc2c(c1)NC(=O)CS2. The van der Waals surface area contributed by atoms with Gasteiger partial charge in [-0.2, -0.15) is 0 Å². The molecule has 0 saturated carbocycles. The van der Waals surface area contributed by atoms with Gasteiger partial charge in [-0.05, 0) is 38.5 Å². The van der Waals surface area contributed by atoms with Gasteiger partial charge >= 0.3 is 0 Å². The maximum atomic E-state index is 12.1. The van der Waals surface area contributed by atoms with Crippen molar-refractivity contribution in [2.24, 2.45) is 0 Å². The van der Waals surface area contributed by atoms with Crippen LogP contribution in [0.3, 0.4) is 0 Å². The highest BCUT2D eigenvalue weighted by atomic mass is 32.2. The largest absolute Gasteiger partial charge is 0.393 e. The monoisotopic (exact) mass is 294 g/mol. The Balaban J connectivity index is 2.07. The van der Waals surface area contributed by atoms with Gasteiger partial charge in [-0.15, -0.1) is 11.8 Å². The van der Waals surface area contributed by atoms with E-state index >= 15 is 0 Å². The number of rotatable bonds is 4. The highest BCUT2D eigenvalue weighted by Crippen LogP contribution is 2.31. The normalized spacial score (nSPS) is 16.9. The number of nitrogens with one attached hydrogen (secondary N) is 2. The van der Waals surface area contributed by atoms with Gasteiger partial charge < -0.3 is 15.7 Å². The fourth-order valence-electron chi connectivity index (χ4n) is 2.10. The minimum absolute atomic E-state index is 0.0532. The number of aliphatic hydroxyl groups excluding tert-OH is 1. The van der Waals surface area contributed by atoms with E-state index < -0.39 is 6.10 Å². The van der Waals surface area contributed by atoms with Crippen LogP contribution in [0.25, 0.3) is 0 Å². The molecule has 2 atom stereocenters. The molecular formula is C14H18N2O3S. The lowest BCUT2D eigenvalue weighted by molar-refractivity contribution is -0.113. The lowest BCUT2D eigenvalue weighted by Crippen LogP contribution is -2.34. The Morgan fingerprint density at radius 1 is 1.50 bits per heavy atom. The van der Waals surface area contributed by atoms with Crippen LogP contribution in [0, 0.1) is 0 Å². The summed E-state index contributed by atoms with van der Waals surface area (Å²) in [6, 6.07) is 5.16. The van der Waals surface area contributed by atoms with Crippen LogP contribution >= 0.6 is 11.8 Å². The number of fused-ring (bicyclic) bond motifs is 1. The van der Waals surface area contributed by atoms with Crippen LogP contribution in [0.5, 0.6) is 0 Å². The number of carbonyl (C=O) groups is 2. The number of thioether (sulfide) groups is 1. The molecule has 6 heteroatoms. The summed E-state index contributed by atoms with van der Waals surface area (Å²) >= 11 is 1.46. The van der Waals surface area contributed by atoms with Crippen molar-refractivity contribution in [3.8, 4) is 0 Å². The molecule has 2 rings (SSSR count). The van der Waals surface area contributed by atoms with Crippen LogP contribution in [0.4, 0.5) is 5.69 Å². The molecule has 2 amide bonds. The number of carbonyl (C=O) groups excluding carboxylic acids is 2. The van der Waals surface area contributed by atoms with E-state index in [-0.39, 0.29) is 17.9 Å². The number of anilines is 1. The zero-order valence-electron chi connectivity index (χ0n) is 11.5. The van der Waals surface area contributed by atoms with E-state index in [0.29, 0.717) is 23.4 Å². The Labute approximate surface area is 122 Å². The van der Waals surface area contributed by atoms with Gasteiger partial charge in [0.05, 0.1) is 17.5 Å². The highest BCUT2D eigenvalue weighted by Gasteiger charge is 2.18. The molecule has 1 heterocycles. The van der Waals surface area contributed by atoms with E-state index in [2.05, 4.69) is 10.6 Å². The van der Waals surface area contributed by atoms with Gasteiger partial charge in [0.25, 0.3) is 5.91 Å². The second-order valence-corrected chi connectivity index (χ2v) is 6.02. The molecule has 20 heavy (non-hydrogen) atoms. The molecule has 3 N–H and O–H groups in total. The summed E-state index contributed by atoms with van der Waals surface area (Å²) < 4.78 is 0. The molecule has 1 aliphatic heterocycles. The Kier molecular flexibility index (Phi) is 4.67. The molecule has 0 aliphatic carbocycles. The van der Waals surface area contributed by atoms with Gasteiger partial charge in [-0.1, -0.05) is 0 Å². The Morgan fingerprint density at radius 3 is 2.95 bits per heavy atom. The molecule has 0 aromatic heterocycles. The minimum atomic E-state index is -0.454. The Morgan fingerprint density at radius 2 is 2.25 bits per heavy atom. The average molecular weight is 294 g/mol. The first-order chi connectivity index (χ1) is 9.45. The van der Waals surface area contributed by atoms with Crippen LogP contribution in [-0.4, -0.2) is 34.8 Å². The van der Waals surface area contributed by atoms with Crippen molar-refractivity contribution in [2.75, 3.05) is 11.1 Å². The average Bonchev–Trinajstić information content (AvgIpc) is 2.36. The van der Waals surface area contributed by atoms with Crippen molar-refractivity contribution >= 4 is 29.3 Å². The summed E-state index contributed by atoms with van der Waals surface area (Å²) in [5.41, 5.74) is 1.19. The van der Waals surface area contributed by atoms with Crippen molar-refractivity contribution in [3.05, 3.63) is 23.8 Å². The molecule has 0 fully saturated rings. The highest BCUT2D eigenvalue weighted by molar-refractivity contribution is 8.00. The number of amides is 2. The first-order valence-electron chi connectivity index (χ1n) is 6.51. The predicted molar refractivity (Wildman–Crippen MR) is 79.0 cm³/mol. The van der Waals surface area contributed by atoms with Gasteiger partial charge in [0, 0.05) is 16.5 Å². The first-order valence-corrected chi connectivity index (χ1v) is 7.50. The maximum Gasteiger partial charge on any atom is 0.251 e. The fraction of sp³-hybridized carbons (Fsp3) is 0.429. The number of benzene rings is 1. The zero-order valence-corrected chi connectivity index (χ0v) is 12.3. The summed E-state index contributed by atoms with van der Waals surface area (Å²) in [7, 11) is 0. The number of hydrogen-bond donors (Lipinski definition) is 3. The summed E-state index contributed by atoms with van der Waals surface area (Å²) in [5, 5.41) is 14.9. The van der Waals surface area contributed by atoms with Crippen molar-refractivity contribution in [1.82, 2.24) is 5.32 Å². The zero-order chi connectivity index (χ0) is 14.7. The second-order valence-electron chi connectivity index (χ2n) is 5.01. The van der Waals surface area contributed by atoms with E-state index in [1.165, 1.54) is 11.8 Å². The summed E-state index contributed by atoms with van der Waals surface area (Å²) in [6.07, 6.45) is 0.0491. The predicted octanol–water partition coefficient (Wildman–Crippen LogP) is 1.62. The molecule has 5 nitrogen and oxygen atoms in total. The summed E-state index contributed by atoms with van der Waals surface area (Å²) in [4.78, 5) is 24.4. The summed E-state index contributed by atoms with van der Waals surface area (Å²) in [5.74, 6) is 0.151. The molecule has 108 valence electrons. The molecule has 1 aliphatic rings. The van der Waals surface area contributed by atoms with Crippen LogP contribution in [0.15, 0.2) is 23.1 Å². The molecular weight excluding hydrogens is 276 g/mol. The van der Waals surface area contributed by atoms with E-state index in [4.69, 9.17) is 0 Å². The van der Waals surface area contributed by atoms with Crippen molar-refractivity contribution in [2.45, 2.75) is 37.3 Å². The summed E-state index contributed by atoms with van der Waals surface area (Å²) in [6.45, 7) is 3.54. The Hall–Kier alpha value is -1.53. The van der Waals surface area contributed by atoms with Crippen molar-refractivity contribution in [1.29, 1.82) is 0 Å². The van der Waals surface area contributed by atoms with E-state index in [0.717, 1.165) is 4.90 Å². The minimum Gasteiger partial charge on any atom is -0.393 e. The smallest absolute Gasteiger partial charge is 0.251 e. The van der Waals surface area contributed by atoms with Crippen LogP contribution in [0.2, 0.25) is 0 Å². The van der Waals surface area contributed by atoms with E-state index in [1.54, 1.807) is 19.1 Å². The molecule has 1 aromatic carbocycles. The van der Waals surface area contributed by atoms with E-state index in [9.17, 15) is 14.7 Å². The first kappa shape index (κ1) is 14.9. The maximum absolute atomic E-state index is 12.1. The number of hydrogen-bond acceptors (Lipinski definition) is 4. The molecule has 1 aromatic rings. The van der Waals surface area contributed by atoms with Gasteiger partial charge in [-0.25, -0.2) is 0 Å². The third-order valence-corrected chi connectivity index (χ3v) is 4.02. The molecule has 0 radical (unpaired) electrons. The van der Waals surface area contributed by atoms with Crippen molar-refractivity contribution in [3.63, 3.8) is 0 Å². The fourth-order valence-corrected chi connectivity index (χ4v) is 2.89. The van der Waals surface area contributed by atoms with Gasteiger partial charge in [0.1, 0.15) is 0 Å². The van der Waals surface area contributed by atoms with Gasteiger partial charge in [0.15, 0.2) is 0 Å².